The van der Waals surface area contributed by atoms with Gasteiger partial charge in [-0.2, -0.15) is 0 Å². The average Bonchev–Trinajstić information content (AvgIpc) is 2.53. The molecule has 6 heteroatoms. The highest BCUT2D eigenvalue weighted by molar-refractivity contribution is 6.29. The first-order chi connectivity index (χ1) is 11.0. The van der Waals surface area contributed by atoms with Crippen molar-refractivity contribution in [2.45, 2.75) is 58.1 Å². The van der Waals surface area contributed by atoms with Crippen LogP contribution in [0.2, 0.25) is 5.15 Å². The number of amides is 1. The molecule has 2 rings (SSSR count). The summed E-state index contributed by atoms with van der Waals surface area (Å²) in [7, 11) is 0. The van der Waals surface area contributed by atoms with E-state index in [-0.39, 0.29) is 23.4 Å². The molecular weight excluding hydrogens is 316 g/mol. The smallest absolute Gasteiger partial charge is 0.340 e. The number of ether oxygens (including phenoxy) is 1. The predicted molar refractivity (Wildman–Crippen MR) is 88.3 cm³/mol. The quantitative estimate of drug-likeness (QED) is 0.660. The van der Waals surface area contributed by atoms with Crippen molar-refractivity contribution in [1.29, 1.82) is 0 Å². The van der Waals surface area contributed by atoms with Gasteiger partial charge in [-0.3, -0.25) is 4.79 Å². The number of nitrogens with one attached hydrogen (secondary N) is 1. The van der Waals surface area contributed by atoms with Crippen molar-refractivity contribution in [3.05, 3.63) is 29.0 Å². The molecule has 5 nitrogen and oxygen atoms in total. The predicted octanol–water partition coefficient (Wildman–Crippen LogP) is 3.37. The monoisotopic (exact) mass is 338 g/mol. The molecule has 1 saturated carbocycles. The van der Waals surface area contributed by atoms with Crippen LogP contribution in [0.3, 0.4) is 0 Å². The highest BCUT2D eigenvalue weighted by Crippen LogP contribution is 2.19. The summed E-state index contributed by atoms with van der Waals surface area (Å²) in [5, 5.41) is 3.32. The second-order valence-electron chi connectivity index (χ2n) is 6.28. The topological polar surface area (TPSA) is 68.3 Å². The molecule has 1 N–H and O–H groups in total. The standard InChI is InChI=1S/C17H23ClN2O3/c1-11(2)15(16(21)20-13-6-4-3-5-7-13)23-17(22)12-8-9-14(18)19-10-12/h8-11,13,15H,3-7H2,1-2H3,(H,20,21)/t15-/m1/s1. The fraction of sp³-hybridized carbons (Fsp3) is 0.588. The number of esters is 1. The summed E-state index contributed by atoms with van der Waals surface area (Å²) in [6.07, 6.45) is 6.01. The Bertz CT molecular complexity index is 539. The fourth-order valence-corrected chi connectivity index (χ4v) is 2.81. The highest BCUT2D eigenvalue weighted by Gasteiger charge is 2.29. The number of carbonyl (C=O) groups excluding carboxylic acids is 2. The minimum absolute atomic E-state index is 0.109. The number of carbonyl (C=O) groups is 2. The maximum atomic E-state index is 12.4. The molecule has 1 heterocycles. The van der Waals surface area contributed by atoms with Gasteiger partial charge in [0.25, 0.3) is 5.91 Å². The summed E-state index contributed by atoms with van der Waals surface area (Å²) in [4.78, 5) is 28.5. The van der Waals surface area contributed by atoms with Gasteiger partial charge in [-0.15, -0.1) is 0 Å². The van der Waals surface area contributed by atoms with Crippen LogP contribution in [0.15, 0.2) is 18.3 Å². The van der Waals surface area contributed by atoms with Crippen LogP contribution in [0.5, 0.6) is 0 Å². The normalized spacial score (nSPS) is 16.9. The molecule has 1 fully saturated rings. The van der Waals surface area contributed by atoms with E-state index in [4.69, 9.17) is 16.3 Å². The van der Waals surface area contributed by atoms with Crippen LogP contribution in [0.1, 0.15) is 56.3 Å². The van der Waals surface area contributed by atoms with Gasteiger partial charge >= 0.3 is 5.97 Å². The zero-order valence-corrected chi connectivity index (χ0v) is 14.3. The molecule has 23 heavy (non-hydrogen) atoms. The van der Waals surface area contributed by atoms with Crippen LogP contribution in [-0.2, 0) is 9.53 Å². The molecule has 1 aliphatic carbocycles. The van der Waals surface area contributed by atoms with Gasteiger partial charge < -0.3 is 10.1 Å². The SMILES string of the molecule is CC(C)[C@@H](OC(=O)c1ccc(Cl)nc1)C(=O)NC1CCCCC1. The van der Waals surface area contributed by atoms with Gasteiger partial charge in [0.1, 0.15) is 5.15 Å². The third-order valence-corrected chi connectivity index (χ3v) is 4.24. The maximum absolute atomic E-state index is 12.4. The first-order valence-electron chi connectivity index (χ1n) is 8.10. The molecule has 1 amide bonds. The van der Waals surface area contributed by atoms with E-state index in [0.29, 0.717) is 5.15 Å². The molecule has 0 spiro atoms. The van der Waals surface area contributed by atoms with Crippen molar-refractivity contribution in [2.75, 3.05) is 0 Å². The van der Waals surface area contributed by atoms with Gasteiger partial charge in [0.05, 0.1) is 5.56 Å². The minimum Gasteiger partial charge on any atom is -0.448 e. The molecule has 0 aromatic carbocycles. The molecule has 0 bridgehead atoms. The van der Waals surface area contributed by atoms with Gasteiger partial charge in [0.2, 0.25) is 0 Å². The largest absolute Gasteiger partial charge is 0.448 e. The Kier molecular flexibility index (Phi) is 6.39. The number of rotatable bonds is 5. The average molecular weight is 339 g/mol. The third kappa shape index (κ3) is 5.20. The van der Waals surface area contributed by atoms with Crippen LogP contribution in [0, 0.1) is 5.92 Å². The summed E-state index contributed by atoms with van der Waals surface area (Å²) >= 11 is 5.70. The second-order valence-corrected chi connectivity index (χ2v) is 6.67. The Labute approximate surface area is 141 Å². The summed E-state index contributed by atoms with van der Waals surface area (Å²) in [6.45, 7) is 3.72. The first kappa shape index (κ1) is 17.7. The van der Waals surface area contributed by atoms with Gasteiger partial charge in [-0.25, -0.2) is 9.78 Å². The van der Waals surface area contributed by atoms with E-state index in [0.717, 1.165) is 25.7 Å². The van der Waals surface area contributed by atoms with Gasteiger partial charge in [0.15, 0.2) is 6.10 Å². The Morgan fingerprint density at radius 2 is 1.96 bits per heavy atom. The zero-order chi connectivity index (χ0) is 16.8. The molecule has 1 aromatic rings. The Balaban J connectivity index is 1.98. The van der Waals surface area contributed by atoms with E-state index in [9.17, 15) is 9.59 Å². The van der Waals surface area contributed by atoms with E-state index >= 15 is 0 Å². The van der Waals surface area contributed by atoms with E-state index in [1.807, 2.05) is 13.8 Å². The fourth-order valence-electron chi connectivity index (χ4n) is 2.70. The van der Waals surface area contributed by atoms with Gasteiger partial charge in [-0.05, 0) is 30.9 Å². The lowest BCUT2D eigenvalue weighted by Crippen LogP contribution is -2.46. The van der Waals surface area contributed by atoms with E-state index in [1.54, 1.807) is 0 Å². The van der Waals surface area contributed by atoms with E-state index in [2.05, 4.69) is 10.3 Å². The van der Waals surface area contributed by atoms with Crippen molar-refractivity contribution >= 4 is 23.5 Å². The number of pyridine rings is 1. The van der Waals surface area contributed by atoms with Crippen molar-refractivity contribution in [2.24, 2.45) is 5.92 Å². The van der Waals surface area contributed by atoms with Gasteiger partial charge in [-0.1, -0.05) is 44.7 Å². The number of aromatic nitrogens is 1. The number of halogens is 1. The van der Waals surface area contributed by atoms with Crippen LogP contribution < -0.4 is 5.32 Å². The van der Waals surface area contributed by atoms with Crippen LogP contribution in [-0.4, -0.2) is 29.0 Å². The van der Waals surface area contributed by atoms with Crippen LogP contribution >= 0.6 is 11.6 Å². The molecule has 0 aliphatic heterocycles. The van der Waals surface area contributed by atoms with Crippen molar-refractivity contribution < 1.29 is 14.3 Å². The molecule has 0 saturated heterocycles. The molecule has 1 atom stereocenters. The lowest BCUT2D eigenvalue weighted by molar-refractivity contribution is -0.133. The van der Waals surface area contributed by atoms with Crippen molar-refractivity contribution in [3.8, 4) is 0 Å². The minimum atomic E-state index is -0.805. The maximum Gasteiger partial charge on any atom is 0.340 e. The van der Waals surface area contributed by atoms with E-state index in [1.165, 1.54) is 24.8 Å². The molecule has 1 aromatic heterocycles. The van der Waals surface area contributed by atoms with Crippen LogP contribution in [0.25, 0.3) is 0 Å². The van der Waals surface area contributed by atoms with Gasteiger partial charge in [0, 0.05) is 12.2 Å². The molecule has 126 valence electrons. The van der Waals surface area contributed by atoms with Crippen molar-refractivity contribution in [3.63, 3.8) is 0 Å². The number of hydrogen-bond donors (Lipinski definition) is 1. The van der Waals surface area contributed by atoms with Crippen molar-refractivity contribution in [1.82, 2.24) is 10.3 Å². The third-order valence-electron chi connectivity index (χ3n) is 4.01. The summed E-state index contributed by atoms with van der Waals surface area (Å²) in [6, 6.07) is 3.24. The second kappa shape index (κ2) is 8.29. The Morgan fingerprint density at radius 3 is 2.52 bits per heavy atom. The lowest BCUT2D eigenvalue weighted by Gasteiger charge is -2.27. The zero-order valence-electron chi connectivity index (χ0n) is 13.5. The Hall–Kier alpha value is -1.62. The van der Waals surface area contributed by atoms with E-state index < -0.39 is 12.1 Å². The highest BCUT2D eigenvalue weighted by atomic mass is 35.5. The lowest BCUT2D eigenvalue weighted by atomic mass is 9.95. The number of nitrogens with zero attached hydrogens (tertiary/aromatic N) is 1. The molecular formula is C17H23ClN2O3. The summed E-state index contributed by atoms with van der Waals surface area (Å²) < 4.78 is 5.41. The first-order valence-corrected chi connectivity index (χ1v) is 8.48. The molecule has 0 unspecified atom stereocenters. The van der Waals surface area contributed by atoms with Crippen LogP contribution in [0.4, 0.5) is 0 Å². The molecule has 0 radical (unpaired) electrons. The summed E-state index contributed by atoms with van der Waals surface area (Å²) in [5.41, 5.74) is 0.283. The summed E-state index contributed by atoms with van der Waals surface area (Å²) in [5.74, 6) is -0.892. The molecule has 1 aliphatic rings. The number of hydrogen-bond acceptors (Lipinski definition) is 4. The Morgan fingerprint density at radius 1 is 1.26 bits per heavy atom.